The summed E-state index contributed by atoms with van der Waals surface area (Å²) in [5.41, 5.74) is -0.0835. The van der Waals surface area contributed by atoms with E-state index in [4.69, 9.17) is 22.6 Å². The van der Waals surface area contributed by atoms with Crippen molar-refractivity contribution in [1.82, 2.24) is 0 Å². The first-order valence-corrected chi connectivity index (χ1v) is 8.30. The summed E-state index contributed by atoms with van der Waals surface area (Å²) in [7, 11) is -3.78. The van der Waals surface area contributed by atoms with Crippen LogP contribution in [0.1, 0.15) is 34.6 Å². The normalized spacial score (nSPS) is 34.6. The number of rotatable bonds is 2. The van der Waals surface area contributed by atoms with Gasteiger partial charge in [-0.2, -0.15) is 0 Å². The van der Waals surface area contributed by atoms with E-state index in [0.29, 0.717) is 33.0 Å². The van der Waals surface area contributed by atoms with E-state index in [-0.39, 0.29) is 10.8 Å². The van der Waals surface area contributed by atoms with Crippen LogP contribution < -0.4 is 0 Å². The van der Waals surface area contributed by atoms with Gasteiger partial charge in [-0.15, -0.1) is 0 Å². The van der Waals surface area contributed by atoms with E-state index in [0.717, 1.165) is 0 Å². The molecule has 0 aromatic carbocycles. The van der Waals surface area contributed by atoms with Crippen LogP contribution in [-0.4, -0.2) is 33.0 Å². The molecular weight excluding hydrogens is 255 g/mol. The second-order valence-corrected chi connectivity index (χ2v) is 9.37. The fourth-order valence-corrected chi connectivity index (χ4v) is 5.20. The zero-order valence-corrected chi connectivity index (χ0v) is 12.9. The molecule has 0 amide bonds. The van der Waals surface area contributed by atoms with Crippen molar-refractivity contribution >= 4 is 7.74 Å². The molecule has 2 fully saturated rings. The van der Waals surface area contributed by atoms with Gasteiger partial charge in [0.25, 0.3) is 0 Å². The maximum absolute atomic E-state index is 5.88. The third-order valence-electron chi connectivity index (χ3n) is 3.00. The molecule has 0 atom stereocenters. The summed E-state index contributed by atoms with van der Waals surface area (Å²) >= 11 is 0. The Balaban J connectivity index is 2.18. The SMILES string of the molecule is CCOP12(OCC(C)(C)CO1)OCC(C)(C)CO2. The molecule has 2 aliphatic heterocycles. The van der Waals surface area contributed by atoms with Crippen LogP contribution in [0.3, 0.4) is 0 Å². The van der Waals surface area contributed by atoms with Crippen molar-refractivity contribution in [2.45, 2.75) is 34.6 Å². The summed E-state index contributed by atoms with van der Waals surface area (Å²) in [6.07, 6.45) is 0. The summed E-state index contributed by atoms with van der Waals surface area (Å²) in [5, 5.41) is 0. The van der Waals surface area contributed by atoms with Gasteiger partial charge in [0.2, 0.25) is 0 Å². The van der Waals surface area contributed by atoms with Gasteiger partial charge in [-0.3, -0.25) is 0 Å². The summed E-state index contributed by atoms with van der Waals surface area (Å²) in [4.78, 5) is 0. The van der Waals surface area contributed by atoms with Gasteiger partial charge in [0, 0.05) is 0 Å². The van der Waals surface area contributed by atoms with Crippen LogP contribution in [0, 0.1) is 10.8 Å². The molecule has 0 bridgehead atoms. The Kier molecular flexibility index (Phi) is 3.55. The Morgan fingerprint density at radius 3 is 1.44 bits per heavy atom. The van der Waals surface area contributed by atoms with Crippen molar-refractivity contribution in [3.63, 3.8) is 0 Å². The third kappa shape index (κ3) is 2.72. The van der Waals surface area contributed by atoms with Crippen molar-refractivity contribution < 1.29 is 22.6 Å². The molecule has 0 radical (unpaired) electrons. The minimum atomic E-state index is -3.78. The van der Waals surface area contributed by atoms with Crippen molar-refractivity contribution in [2.24, 2.45) is 10.8 Å². The van der Waals surface area contributed by atoms with E-state index in [1.165, 1.54) is 0 Å². The molecule has 1 spiro atoms. The molecule has 108 valence electrons. The Hall–Kier alpha value is 0.230. The fourth-order valence-electron chi connectivity index (χ4n) is 1.79. The van der Waals surface area contributed by atoms with Crippen LogP contribution in [-0.2, 0) is 22.6 Å². The number of hydrogen-bond donors (Lipinski definition) is 0. The quantitative estimate of drug-likeness (QED) is 0.726. The fraction of sp³-hybridized carbons (Fsp3) is 1.00. The van der Waals surface area contributed by atoms with E-state index in [9.17, 15) is 0 Å². The van der Waals surface area contributed by atoms with E-state index in [2.05, 4.69) is 27.7 Å². The maximum atomic E-state index is 5.88. The molecule has 0 aliphatic carbocycles. The average molecular weight is 280 g/mol. The second-order valence-electron chi connectivity index (χ2n) is 6.59. The zero-order chi connectivity index (χ0) is 13.5. The first-order chi connectivity index (χ1) is 8.20. The van der Waals surface area contributed by atoms with Gasteiger partial charge in [0.1, 0.15) is 0 Å². The summed E-state index contributed by atoms with van der Waals surface area (Å²) in [6.45, 7) is 12.7. The molecule has 2 aliphatic rings. The van der Waals surface area contributed by atoms with E-state index < -0.39 is 7.74 Å². The Labute approximate surface area is 109 Å². The topological polar surface area (TPSA) is 46.2 Å². The van der Waals surface area contributed by atoms with Crippen LogP contribution in [0.25, 0.3) is 0 Å². The van der Waals surface area contributed by atoms with Crippen molar-refractivity contribution in [3.05, 3.63) is 0 Å². The van der Waals surface area contributed by atoms with Gasteiger partial charge in [-0.1, -0.05) is 0 Å². The minimum absolute atomic E-state index is 0.0417. The summed E-state index contributed by atoms with van der Waals surface area (Å²) in [6, 6.07) is 0. The van der Waals surface area contributed by atoms with Gasteiger partial charge in [0.05, 0.1) is 0 Å². The molecule has 18 heavy (non-hydrogen) atoms. The van der Waals surface area contributed by atoms with Crippen LogP contribution >= 0.6 is 7.74 Å². The molecule has 0 aromatic heterocycles. The molecule has 6 heteroatoms. The van der Waals surface area contributed by atoms with Crippen molar-refractivity contribution in [1.29, 1.82) is 0 Å². The van der Waals surface area contributed by atoms with Crippen LogP contribution in [0.15, 0.2) is 0 Å². The molecular formula is C12H25O5P. The van der Waals surface area contributed by atoms with Crippen molar-refractivity contribution in [2.75, 3.05) is 33.0 Å². The van der Waals surface area contributed by atoms with Gasteiger partial charge in [-0.25, -0.2) is 0 Å². The molecule has 2 saturated heterocycles. The average Bonchev–Trinajstić information content (AvgIpc) is 2.30. The standard InChI is InChI=1S/C12H25O5P/c1-6-13-18(14-7-11(2,3)8-15-18)16-9-12(4,5)10-17-18/h6-10H2,1-5H3. The third-order valence-corrected chi connectivity index (χ3v) is 5.89. The number of hydrogen-bond acceptors (Lipinski definition) is 5. The Morgan fingerprint density at radius 1 is 0.833 bits per heavy atom. The van der Waals surface area contributed by atoms with Gasteiger partial charge in [0.15, 0.2) is 0 Å². The van der Waals surface area contributed by atoms with E-state index in [1.54, 1.807) is 0 Å². The second kappa shape index (κ2) is 4.37. The van der Waals surface area contributed by atoms with E-state index in [1.807, 2.05) is 6.92 Å². The predicted octanol–water partition coefficient (Wildman–Crippen LogP) is 3.30. The molecule has 5 nitrogen and oxygen atoms in total. The summed E-state index contributed by atoms with van der Waals surface area (Å²) < 4.78 is 29.3. The first-order valence-electron chi connectivity index (χ1n) is 6.48. The Morgan fingerprint density at radius 2 is 1.17 bits per heavy atom. The molecule has 2 rings (SSSR count). The zero-order valence-electron chi connectivity index (χ0n) is 12.0. The van der Waals surface area contributed by atoms with E-state index >= 15 is 0 Å². The molecule has 0 N–H and O–H groups in total. The molecule has 0 unspecified atom stereocenters. The molecule has 2 heterocycles. The van der Waals surface area contributed by atoms with Crippen LogP contribution in [0.2, 0.25) is 0 Å². The van der Waals surface area contributed by atoms with Crippen LogP contribution in [0.5, 0.6) is 0 Å². The predicted molar refractivity (Wildman–Crippen MR) is 69.9 cm³/mol. The summed E-state index contributed by atoms with van der Waals surface area (Å²) in [5.74, 6) is 0. The molecule has 0 aromatic rings. The van der Waals surface area contributed by atoms with Crippen LogP contribution in [0.4, 0.5) is 0 Å². The molecule has 0 saturated carbocycles. The van der Waals surface area contributed by atoms with Gasteiger partial charge in [-0.05, 0) is 0 Å². The van der Waals surface area contributed by atoms with Gasteiger partial charge < -0.3 is 0 Å². The monoisotopic (exact) mass is 280 g/mol. The first kappa shape index (κ1) is 14.6. The van der Waals surface area contributed by atoms with Gasteiger partial charge >= 0.3 is 109 Å². The van der Waals surface area contributed by atoms with Crippen molar-refractivity contribution in [3.8, 4) is 0 Å². The Bertz CT molecular complexity index is 273.